The molecule has 1 aliphatic heterocycles. The molecule has 1 aromatic carbocycles. The molecule has 5 heteroatoms. The van der Waals surface area contributed by atoms with Crippen molar-refractivity contribution in [1.82, 2.24) is 0 Å². The number of fused-ring (bicyclic) bond motifs is 1. The number of hydrogen-bond acceptors (Lipinski definition) is 3. The van der Waals surface area contributed by atoms with Gasteiger partial charge in [0.05, 0.1) is 12.5 Å². The third-order valence-corrected chi connectivity index (χ3v) is 4.62. The number of benzene rings is 1. The lowest BCUT2D eigenvalue weighted by molar-refractivity contribution is -0.115. The second-order valence-corrected chi connectivity index (χ2v) is 5.89. The summed E-state index contributed by atoms with van der Waals surface area (Å²) in [7, 11) is 0. The smallest absolute Gasteiger partial charge is 0.228 e. The SMILES string of the molecule is Cc1cscc1C(N)c1cc2c(cc1Cl)NC(=O)C2. The van der Waals surface area contributed by atoms with Crippen LogP contribution in [-0.4, -0.2) is 5.91 Å². The quantitative estimate of drug-likeness (QED) is 0.893. The van der Waals surface area contributed by atoms with E-state index in [9.17, 15) is 4.79 Å². The van der Waals surface area contributed by atoms with Crippen molar-refractivity contribution in [3.05, 3.63) is 50.2 Å². The molecule has 19 heavy (non-hydrogen) atoms. The minimum Gasteiger partial charge on any atom is -0.325 e. The van der Waals surface area contributed by atoms with Crippen LogP contribution in [0.25, 0.3) is 0 Å². The number of anilines is 1. The summed E-state index contributed by atoms with van der Waals surface area (Å²) in [4.78, 5) is 11.4. The minimum absolute atomic E-state index is 0.00324. The number of amides is 1. The third-order valence-electron chi connectivity index (χ3n) is 3.41. The number of rotatable bonds is 2. The Bertz CT molecular complexity index is 665. The average molecular weight is 293 g/mol. The predicted octanol–water partition coefficient (Wildman–Crippen LogP) is 3.25. The molecule has 0 spiro atoms. The molecule has 3 N–H and O–H groups in total. The van der Waals surface area contributed by atoms with Gasteiger partial charge in [0, 0.05) is 10.7 Å². The van der Waals surface area contributed by atoms with Crippen molar-refractivity contribution in [2.45, 2.75) is 19.4 Å². The Morgan fingerprint density at radius 3 is 2.84 bits per heavy atom. The highest BCUT2D eigenvalue weighted by Crippen LogP contribution is 2.35. The summed E-state index contributed by atoms with van der Waals surface area (Å²) in [5.41, 5.74) is 11.2. The van der Waals surface area contributed by atoms with E-state index < -0.39 is 0 Å². The highest BCUT2D eigenvalue weighted by Gasteiger charge is 2.22. The van der Waals surface area contributed by atoms with Crippen LogP contribution in [0.2, 0.25) is 5.02 Å². The number of halogens is 1. The molecule has 1 unspecified atom stereocenters. The van der Waals surface area contributed by atoms with Crippen LogP contribution >= 0.6 is 22.9 Å². The zero-order valence-corrected chi connectivity index (χ0v) is 11.9. The molecule has 0 aliphatic carbocycles. The number of carbonyl (C=O) groups excluding carboxylic acids is 1. The van der Waals surface area contributed by atoms with Crippen LogP contribution in [0.15, 0.2) is 22.9 Å². The normalized spacial score (nSPS) is 15.2. The first-order valence-electron chi connectivity index (χ1n) is 5.96. The van der Waals surface area contributed by atoms with Gasteiger partial charge in [-0.3, -0.25) is 4.79 Å². The number of aryl methyl sites for hydroxylation is 1. The van der Waals surface area contributed by atoms with Gasteiger partial charge in [0.15, 0.2) is 0 Å². The van der Waals surface area contributed by atoms with E-state index in [1.165, 1.54) is 5.56 Å². The van der Waals surface area contributed by atoms with Gasteiger partial charge in [-0.1, -0.05) is 11.6 Å². The molecule has 1 atom stereocenters. The fourth-order valence-electron chi connectivity index (χ4n) is 2.36. The monoisotopic (exact) mass is 292 g/mol. The van der Waals surface area contributed by atoms with Gasteiger partial charge >= 0.3 is 0 Å². The lowest BCUT2D eigenvalue weighted by Gasteiger charge is -2.15. The average Bonchev–Trinajstić information content (AvgIpc) is 2.92. The Kier molecular flexibility index (Phi) is 3.09. The summed E-state index contributed by atoms with van der Waals surface area (Å²) in [5.74, 6) is 0.00324. The maximum absolute atomic E-state index is 11.4. The van der Waals surface area contributed by atoms with E-state index in [0.29, 0.717) is 11.4 Å². The molecule has 2 aromatic rings. The minimum atomic E-state index is -0.250. The fourth-order valence-corrected chi connectivity index (χ4v) is 3.53. The van der Waals surface area contributed by atoms with Crippen LogP contribution in [0.4, 0.5) is 5.69 Å². The first kappa shape index (κ1) is 12.7. The summed E-state index contributed by atoms with van der Waals surface area (Å²) in [6.45, 7) is 2.04. The molecule has 0 bridgehead atoms. The number of nitrogens with two attached hydrogens (primary N) is 1. The number of hydrogen-bond donors (Lipinski definition) is 2. The Morgan fingerprint density at radius 2 is 2.16 bits per heavy atom. The summed E-state index contributed by atoms with van der Waals surface area (Å²) in [6.07, 6.45) is 0.398. The Labute approximate surface area is 120 Å². The second kappa shape index (κ2) is 4.63. The van der Waals surface area contributed by atoms with Crippen LogP contribution in [0.3, 0.4) is 0 Å². The van der Waals surface area contributed by atoms with Crippen molar-refractivity contribution in [1.29, 1.82) is 0 Å². The van der Waals surface area contributed by atoms with Crippen LogP contribution in [0, 0.1) is 6.92 Å². The van der Waals surface area contributed by atoms with E-state index in [0.717, 1.165) is 22.4 Å². The lowest BCUT2D eigenvalue weighted by Crippen LogP contribution is -2.13. The first-order valence-corrected chi connectivity index (χ1v) is 7.29. The van der Waals surface area contributed by atoms with Crippen molar-refractivity contribution in [2.24, 2.45) is 5.73 Å². The maximum atomic E-state index is 11.4. The second-order valence-electron chi connectivity index (χ2n) is 4.74. The molecule has 2 heterocycles. The predicted molar refractivity (Wildman–Crippen MR) is 78.9 cm³/mol. The van der Waals surface area contributed by atoms with E-state index in [2.05, 4.69) is 10.7 Å². The molecular weight excluding hydrogens is 280 g/mol. The number of thiophene rings is 1. The van der Waals surface area contributed by atoms with Gasteiger partial charge < -0.3 is 11.1 Å². The van der Waals surface area contributed by atoms with E-state index in [-0.39, 0.29) is 11.9 Å². The van der Waals surface area contributed by atoms with Gasteiger partial charge in [0.25, 0.3) is 0 Å². The molecule has 1 aliphatic rings. The molecule has 1 aromatic heterocycles. The van der Waals surface area contributed by atoms with Crippen LogP contribution in [-0.2, 0) is 11.2 Å². The Hall–Kier alpha value is -1.36. The number of carbonyl (C=O) groups is 1. The molecule has 0 saturated heterocycles. The van der Waals surface area contributed by atoms with Gasteiger partial charge in [0.2, 0.25) is 5.91 Å². The molecule has 0 fully saturated rings. The summed E-state index contributed by atoms with van der Waals surface area (Å²) < 4.78 is 0. The van der Waals surface area contributed by atoms with Gasteiger partial charge in [-0.25, -0.2) is 0 Å². The molecule has 0 radical (unpaired) electrons. The van der Waals surface area contributed by atoms with Gasteiger partial charge in [-0.05, 0) is 52.1 Å². The molecule has 1 amide bonds. The molecule has 98 valence electrons. The van der Waals surface area contributed by atoms with Crippen molar-refractivity contribution in [2.75, 3.05) is 5.32 Å². The van der Waals surface area contributed by atoms with Crippen molar-refractivity contribution < 1.29 is 4.79 Å². The largest absolute Gasteiger partial charge is 0.325 e. The standard InChI is InChI=1S/C14H13ClN2OS/c1-7-5-19-6-10(7)14(16)9-2-8-3-13(18)17-12(8)4-11(9)15/h2,4-6,14H,3,16H2,1H3,(H,17,18). The van der Waals surface area contributed by atoms with E-state index in [4.69, 9.17) is 17.3 Å². The lowest BCUT2D eigenvalue weighted by atomic mass is 9.97. The van der Waals surface area contributed by atoms with Gasteiger partial charge in [-0.15, -0.1) is 0 Å². The Morgan fingerprint density at radius 1 is 1.37 bits per heavy atom. The molecule has 3 nitrogen and oxygen atoms in total. The highest BCUT2D eigenvalue weighted by molar-refractivity contribution is 7.08. The van der Waals surface area contributed by atoms with Gasteiger partial charge in [-0.2, -0.15) is 11.3 Å². The van der Waals surface area contributed by atoms with Crippen LogP contribution in [0.5, 0.6) is 0 Å². The van der Waals surface area contributed by atoms with Gasteiger partial charge in [0.1, 0.15) is 0 Å². The molecule has 0 saturated carbocycles. The zero-order valence-electron chi connectivity index (χ0n) is 10.4. The van der Waals surface area contributed by atoms with Crippen LogP contribution in [0.1, 0.15) is 28.3 Å². The topological polar surface area (TPSA) is 55.1 Å². The molecular formula is C14H13ClN2OS. The zero-order chi connectivity index (χ0) is 13.6. The number of nitrogens with one attached hydrogen (secondary N) is 1. The van der Waals surface area contributed by atoms with Crippen molar-refractivity contribution >= 4 is 34.5 Å². The summed E-state index contributed by atoms with van der Waals surface area (Å²) in [5, 5.41) is 7.50. The van der Waals surface area contributed by atoms with E-state index in [1.54, 1.807) is 17.4 Å². The first-order chi connectivity index (χ1) is 9.06. The van der Waals surface area contributed by atoms with Crippen molar-refractivity contribution in [3.8, 4) is 0 Å². The Balaban J connectivity index is 2.05. The third kappa shape index (κ3) is 2.16. The summed E-state index contributed by atoms with van der Waals surface area (Å²) >= 11 is 7.92. The van der Waals surface area contributed by atoms with E-state index in [1.807, 2.05) is 18.4 Å². The van der Waals surface area contributed by atoms with Crippen LogP contribution < -0.4 is 11.1 Å². The highest BCUT2D eigenvalue weighted by atomic mass is 35.5. The summed E-state index contributed by atoms with van der Waals surface area (Å²) in [6, 6.07) is 3.48. The maximum Gasteiger partial charge on any atom is 0.228 e. The fraction of sp³-hybridized carbons (Fsp3) is 0.214. The molecule has 3 rings (SSSR count). The van der Waals surface area contributed by atoms with Crippen molar-refractivity contribution in [3.63, 3.8) is 0 Å². The van der Waals surface area contributed by atoms with E-state index >= 15 is 0 Å².